The average Bonchev–Trinajstić information content (AvgIpc) is 3.14. The van der Waals surface area contributed by atoms with Crippen molar-refractivity contribution in [3.63, 3.8) is 0 Å². The predicted molar refractivity (Wildman–Crippen MR) is 101 cm³/mol. The molecule has 9 heteroatoms. The number of halogens is 1. The zero-order chi connectivity index (χ0) is 18.5. The summed E-state index contributed by atoms with van der Waals surface area (Å²) in [6, 6.07) is 15.0. The molecule has 0 fully saturated rings. The van der Waals surface area contributed by atoms with Gasteiger partial charge in [-0.3, -0.25) is 15.5 Å². The number of anilines is 1. The number of rotatable bonds is 5. The molecule has 1 aromatic heterocycles. The first-order valence-corrected chi connectivity index (χ1v) is 8.52. The van der Waals surface area contributed by atoms with E-state index in [2.05, 4.69) is 15.5 Å². The van der Waals surface area contributed by atoms with Crippen LogP contribution in [0.1, 0.15) is 5.01 Å². The molecule has 0 aliphatic heterocycles. The lowest BCUT2D eigenvalue weighted by Gasteiger charge is -2.00. The van der Waals surface area contributed by atoms with Gasteiger partial charge in [-0.25, -0.2) is 4.98 Å². The van der Waals surface area contributed by atoms with Crippen molar-refractivity contribution in [1.82, 2.24) is 4.98 Å². The lowest BCUT2D eigenvalue weighted by atomic mass is 10.1. The van der Waals surface area contributed by atoms with Crippen LogP contribution >= 0.6 is 22.9 Å². The fourth-order valence-electron chi connectivity index (χ4n) is 2.03. The van der Waals surface area contributed by atoms with Crippen LogP contribution < -0.4 is 5.43 Å². The van der Waals surface area contributed by atoms with Crippen LogP contribution in [0.4, 0.5) is 11.4 Å². The molecule has 1 heterocycles. The molecule has 0 spiro atoms. The molecule has 0 saturated heterocycles. The Morgan fingerprint density at radius 1 is 1.23 bits per heavy atom. The second-order valence-corrected chi connectivity index (χ2v) is 6.33. The molecule has 0 bridgehead atoms. The van der Waals surface area contributed by atoms with E-state index in [1.54, 1.807) is 41.8 Å². The van der Waals surface area contributed by atoms with Crippen LogP contribution in [0.3, 0.4) is 0 Å². The number of nitro groups is 1. The molecule has 128 valence electrons. The summed E-state index contributed by atoms with van der Waals surface area (Å²) in [6.45, 7) is 0. The van der Waals surface area contributed by atoms with Crippen LogP contribution in [0, 0.1) is 21.4 Å². The predicted octanol–water partition coefficient (Wildman–Crippen LogP) is 4.71. The molecule has 26 heavy (non-hydrogen) atoms. The molecule has 0 amide bonds. The highest BCUT2D eigenvalue weighted by molar-refractivity contribution is 7.12. The molecule has 2 aromatic carbocycles. The number of non-ortho nitro benzene ring substituents is 1. The number of nitrogens with zero attached hydrogens (tertiary/aromatic N) is 4. The lowest BCUT2D eigenvalue weighted by molar-refractivity contribution is -0.384. The number of hydrogen-bond donors (Lipinski definition) is 1. The van der Waals surface area contributed by atoms with Crippen LogP contribution in [0.25, 0.3) is 11.3 Å². The van der Waals surface area contributed by atoms with E-state index in [9.17, 15) is 15.4 Å². The standard InChI is InChI=1S/C17H10ClN5O2S/c18-12-3-5-13(6-4-12)21-22-15(9-19)17-20-16(10-26-17)11-1-7-14(8-2-11)23(24)25/h1-8,10,21H. The summed E-state index contributed by atoms with van der Waals surface area (Å²) in [7, 11) is 0. The third-order valence-electron chi connectivity index (χ3n) is 3.33. The molecular formula is C17H10ClN5O2S. The van der Waals surface area contributed by atoms with Gasteiger partial charge < -0.3 is 0 Å². The Morgan fingerprint density at radius 3 is 2.54 bits per heavy atom. The Hall–Kier alpha value is -3.28. The van der Waals surface area contributed by atoms with Gasteiger partial charge in [-0.2, -0.15) is 10.4 Å². The number of nitrogens with one attached hydrogen (secondary N) is 1. The molecule has 0 aliphatic carbocycles. The second-order valence-electron chi connectivity index (χ2n) is 5.03. The molecule has 0 atom stereocenters. The first-order chi connectivity index (χ1) is 12.6. The lowest BCUT2D eigenvalue weighted by Crippen LogP contribution is -2.01. The Bertz CT molecular complexity index is 1010. The Morgan fingerprint density at radius 2 is 1.92 bits per heavy atom. The maximum absolute atomic E-state index is 10.7. The molecule has 0 radical (unpaired) electrons. The topological polar surface area (TPSA) is 104 Å². The highest BCUT2D eigenvalue weighted by Gasteiger charge is 2.12. The molecule has 0 aliphatic rings. The normalized spacial score (nSPS) is 11.0. The number of hydrazone groups is 1. The monoisotopic (exact) mass is 383 g/mol. The third kappa shape index (κ3) is 4.03. The molecule has 7 nitrogen and oxygen atoms in total. The number of nitriles is 1. The van der Waals surface area contributed by atoms with Gasteiger partial charge in [0.25, 0.3) is 5.69 Å². The fourth-order valence-corrected chi connectivity index (χ4v) is 2.93. The number of hydrogen-bond acceptors (Lipinski definition) is 7. The molecule has 0 unspecified atom stereocenters. The molecule has 3 aromatic rings. The second kappa shape index (κ2) is 7.74. The van der Waals surface area contributed by atoms with Gasteiger partial charge in [0.1, 0.15) is 6.07 Å². The van der Waals surface area contributed by atoms with Crippen LogP contribution in [0.5, 0.6) is 0 Å². The fraction of sp³-hybridized carbons (Fsp3) is 0. The Balaban J connectivity index is 1.80. The van der Waals surface area contributed by atoms with Gasteiger partial charge in [0, 0.05) is 28.1 Å². The van der Waals surface area contributed by atoms with Crippen molar-refractivity contribution in [2.45, 2.75) is 0 Å². The van der Waals surface area contributed by atoms with Gasteiger partial charge in [-0.1, -0.05) is 11.6 Å². The average molecular weight is 384 g/mol. The molecule has 0 saturated carbocycles. The Labute approximate surface area is 157 Å². The van der Waals surface area contributed by atoms with Gasteiger partial charge in [0.05, 0.1) is 16.3 Å². The number of benzene rings is 2. The van der Waals surface area contributed by atoms with Crippen LogP contribution in [-0.4, -0.2) is 15.6 Å². The zero-order valence-corrected chi connectivity index (χ0v) is 14.7. The smallest absolute Gasteiger partial charge is 0.269 e. The van der Waals surface area contributed by atoms with E-state index < -0.39 is 4.92 Å². The molecular weight excluding hydrogens is 374 g/mol. The largest absolute Gasteiger partial charge is 0.277 e. The van der Waals surface area contributed by atoms with E-state index in [1.165, 1.54) is 23.5 Å². The van der Waals surface area contributed by atoms with E-state index in [4.69, 9.17) is 11.6 Å². The first kappa shape index (κ1) is 17.5. The van der Waals surface area contributed by atoms with E-state index in [1.807, 2.05) is 6.07 Å². The number of aromatic nitrogens is 1. The minimum Gasteiger partial charge on any atom is -0.277 e. The maximum atomic E-state index is 10.7. The van der Waals surface area contributed by atoms with E-state index in [0.29, 0.717) is 21.4 Å². The van der Waals surface area contributed by atoms with Crippen molar-refractivity contribution >= 4 is 40.0 Å². The van der Waals surface area contributed by atoms with E-state index in [0.717, 1.165) is 5.56 Å². The van der Waals surface area contributed by atoms with Crippen LogP contribution in [-0.2, 0) is 0 Å². The SMILES string of the molecule is N#CC(=NNc1ccc(Cl)cc1)c1nc(-c2ccc([N+](=O)[O-])cc2)cs1. The van der Waals surface area contributed by atoms with Crippen molar-refractivity contribution in [2.24, 2.45) is 5.10 Å². The highest BCUT2D eigenvalue weighted by Crippen LogP contribution is 2.24. The van der Waals surface area contributed by atoms with Gasteiger partial charge in [0.15, 0.2) is 10.7 Å². The van der Waals surface area contributed by atoms with Crippen molar-refractivity contribution in [1.29, 1.82) is 5.26 Å². The summed E-state index contributed by atoms with van der Waals surface area (Å²) in [6.07, 6.45) is 0. The minimum atomic E-state index is -0.459. The quantitative estimate of drug-likeness (QED) is 0.390. The molecule has 1 N–H and O–H groups in total. The summed E-state index contributed by atoms with van der Waals surface area (Å²) in [4.78, 5) is 14.6. The van der Waals surface area contributed by atoms with Gasteiger partial charge >= 0.3 is 0 Å². The van der Waals surface area contributed by atoms with Gasteiger partial charge in [-0.05, 0) is 36.4 Å². The number of thiazole rings is 1. The first-order valence-electron chi connectivity index (χ1n) is 7.27. The minimum absolute atomic E-state index is 0.00986. The van der Waals surface area contributed by atoms with E-state index >= 15 is 0 Å². The van der Waals surface area contributed by atoms with Crippen molar-refractivity contribution in [3.8, 4) is 17.3 Å². The summed E-state index contributed by atoms with van der Waals surface area (Å²) >= 11 is 7.09. The van der Waals surface area contributed by atoms with Gasteiger partial charge in [0.2, 0.25) is 0 Å². The van der Waals surface area contributed by atoms with Crippen LogP contribution in [0.2, 0.25) is 5.02 Å². The maximum Gasteiger partial charge on any atom is 0.269 e. The van der Waals surface area contributed by atoms with E-state index in [-0.39, 0.29) is 11.4 Å². The highest BCUT2D eigenvalue weighted by atomic mass is 35.5. The van der Waals surface area contributed by atoms with Crippen molar-refractivity contribution in [2.75, 3.05) is 5.43 Å². The van der Waals surface area contributed by atoms with Crippen molar-refractivity contribution < 1.29 is 4.92 Å². The third-order valence-corrected chi connectivity index (χ3v) is 4.43. The van der Waals surface area contributed by atoms with Gasteiger partial charge in [-0.15, -0.1) is 11.3 Å². The summed E-state index contributed by atoms with van der Waals surface area (Å²) in [5.74, 6) is 0. The summed E-state index contributed by atoms with van der Waals surface area (Å²) in [5, 5.41) is 26.9. The van der Waals surface area contributed by atoms with Crippen LogP contribution in [0.15, 0.2) is 59.0 Å². The summed E-state index contributed by atoms with van der Waals surface area (Å²) < 4.78 is 0. The summed E-state index contributed by atoms with van der Waals surface area (Å²) in [5.41, 5.74) is 4.97. The Kier molecular flexibility index (Phi) is 5.22. The van der Waals surface area contributed by atoms with Crippen molar-refractivity contribution in [3.05, 3.63) is 74.1 Å². The number of nitro benzene ring substituents is 1. The molecule has 3 rings (SSSR count). The zero-order valence-electron chi connectivity index (χ0n) is 13.1.